The van der Waals surface area contributed by atoms with Crippen molar-refractivity contribution in [3.8, 4) is 0 Å². The Balaban J connectivity index is 1.44. The van der Waals surface area contributed by atoms with E-state index in [2.05, 4.69) is 30.0 Å². The molecule has 170 valence electrons. The number of nitrogens with zero attached hydrogens (tertiary/aromatic N) is 3. The number of benzene rings is 1. The van der Waals surface area contributed by atoms with Crippen molar-refractivity contribution in [1.29, 1.82) is 0 Å². The molecule has 0 radical (unpaired) electrons. The van der Waals surface area contributed by atoms with Crippen molar-refractivity contribution >= 4 is 22.4 Å². The van der Waals surface area contributed by atoms with Gasteiger partial charge in [-0.15, -0.1) is 0 Å². The van der Waals surface area contributed by atoms with E-state index in [-0.39, 0.29) is 6.10 Å². The smallest absolute Gasteiger partial charge is 0.0817 e. The summed E-state index contributed by atoms with van der Waals surface area (Å²) >= 11 is 6.08. The first kappa shape index (κ1) is 23.0. The van der Waals surface area contributed by atoms with Crippen LogP contribution in [0.25, 0.3) is 0 Å². The average Bonchev–Trinajstić information content (AvgIpc) is 3.09. The zero-order valence-corrected chi connectivity index (χ0v) is 20.4. The number of halogens is 1. The van der Waals surface area contributed by atoms with Crippen molar-refractivity contribution in [1.82, 2.24) is 14.7 Å². The van der Waals surface area contributed by atoms with Crippen molar-refractivity contribution in [2.75, 3.05) is 25.2 Å². The van der Waals surface area contributed by atoms with Gasteiger partial charge in [-0.05, 0) is 62.8 Å². The maximum Gasteiger partial charge on any atom is 0.0817 e. The molecule has 3 atom stereocenters. The third kappa shape index (κ3) is 5.78. The van der Waals surface area contributed by atoms with Gasteiger partial charge in [0.05, 0.1) is 24.2 Å². The Morgan fingerprint density at radius 3 is 2.52 bits per heavy atom. The third-order valence-electron chi connectivity index (χ3n) is 6.93. The highest BCUT2D eigenvalue weighted by Gasteiger charge is 2.36. The van der Waals surface area contributed by atoms with Crippen molar-refractivity contribution < 1.29 is 8.95 Å². The van der Waals surface area contributed by atoms with E-state index in [1.54, 1.807) is 6.26 Å². The molecule has 2 heterocycles. The topological polar surface area (TPSA) is 47.4 Å². The van der Waals surface area contributed by atoms with Gasteiger partial charge in [0.15, 0.2) is 0 Å². The van der Waals surface area contributed by atoms with E-state index in [9.17, 15) is 4.21 Å². The van der Waals surface area contributed by atoms with Gasteiger partial charge in [0, 0.05) is 59.4 Å². The van der Waals surface area contributed by atoms with Gasteiger partial charge in [-0.2, -0.15) is 5.10 Å². The summed E-state index contributed by atoms with van der Waals surface area (Å²) in [7, 11) is 1.18. The fraction of sp³-hybridized carbons (Fsp3) is 0.625. The minimum Gasteiger partial charge on any atom is -0.374 e. The van der Waals surface area contributed by atoms with Gasteiger partial charge in [-0.3, -0.25) is 13.8 Å². The summed E-state index contributed by atoms with van der Waals surface area (Å²) in [6.07, 6.45) is 7.50. The van der Waals surface area contributed by atoms with E-state index < -0.39 is 10.8 Å². The molecule has 1 aromatic heterocycles. The van der Waals surface area contributed by atoms with E-state index >= 15 is 0 Å². The molecule has 5 nitrogen and oxygen atoms in total. The molecule has 1 aliphatic carbocycles. The minimum absolute atomic E-state index is 0.0588. The van der Waals surface area contributed by atoms with Gasteiger partial charge < -0.3 is 4.74 Å². The lowest BCUT2D eigenvalue weighted by molar-refractivity contribution is -0.0753. The summed E-state index contributed by atoms with van der Waals surface area (Å²) in [6, 6.07) is 11.3. The van der Waals surface area contributed by atoms with E-state index in [0.717, 1.165) is 18.0 Å². The normalized spacial score (nSPS) is 28.5. The molecule has 1 aliphatic heterocycles. The molecule has 1 saturated carbocycles. The average molecular weight is 464 g/mol. The molecule has 3 unspecified atom stereocenters. The van der Waals surface area contributed by atoms with Crippen LogP contribution in [0.3, 0.4) is 0 Å². The highest BCUT2D eigenvalue weighted by Crippen LogP contribution is 2.36. The Morgan fingerprint density at radius 1 is 1.19 bits per heavy atom. The van der Waals surface area contributed by atoms with Gasteiger partial charge in [-0.25, -0.2) is 0 Å². The van der Waals surface area contributed by atoms with E-state index in [4.69, 9.17) is 21.4 Å². The molecule has 0 bridgehead atoms. The van der Waals surface area contributed by atoms with Crippen LogP contribution in [0.2, 0.25) is 5.02 Å². The number of aryl methyl sites for hydroxylation is 2. The van der Waals surface area contributed by atoms with Gasteiger partial charge in [0.1, 0.15) is 0 Å². The molecule has 2 fully saturated rings. The Morgan fingerprint density at radius 2 is 1.90 bits per heavy atom. The first-order valence-corrected chi connectivity index (χ1v) is 13.4. The summed E-state index contributed by atoms with van der Waals surface area (Å²) in [5.41, 5.74) is 3.76. The van der Waals surface area contributed by atoms with Gasteiger partial charge in [-0.1, -0.05) is 23.7 Å². The highest BCUT2D eigenvalue weighted by molar-refractivity contribution is 7.84. The summed E-state index contributed by atoms with van der Waals surface area (Å²) < 4.78 is 20.0. The van der Waals surface area contributed by atoms with Crippen molar-refractivity contribution in [2.24, 2.45) is 7.05 Å². The molecule has 7 heteroatoms. The SMILES string of the molecule is Cc1cc(C2CCC(N3CC(CS(C)=O)OCC3Cc3ccc(Cl)cc3)CC2)nn1C. The summed E-state index contributed by atoms with van der Waals surface area (Å²) in [5, 5.41) is 5.50. The van der Waals surface area contributed by atoms with Crippen LogP contribution in [0.4, 0.5) is 0 Å². The Bertz CT molecular complexity index is 873. The van der Waals surface area contributed by atoms with Crippen LogP contribution in [0.5, 0.6) is 0 Å². The van der Waals surface area contributed by atoms with Crippen LogP contribution >= 0.6 is 11.6 Å². The third-order valence-corrected chi connectivity index (χ3v) is 8.02. The Kier molecular flexibility index (Phi) is 7.52. The van der Waals surface area contributed by atoms with Gasteiger partial charge >= 0.3 is 0 Å². The van der Waals surface area contributed by atoms with Crippen LogP contribution in [0, 0.1) is 6.92 Å². The van der Waals surface area contributed by atoms with E-state index in [1.165, 1.54) is 42.6 Å². The molecule has 0 amide bonds. The molecule has 2 aromatic rings. The number of hydrogen-bond acceptors (Lipinski definition) is 4. The molecule has 1 aromatic carbocycles. The zero-order chi connectivity index (χ0) is 22.0. The minimum atomic E-state index is -0.842. The van der Waals surface area contributed by atoms with Crippen molar-refractivity contribution in [3.63, 3.8) is 0 Å². The van der Waals surface area contributed by atoms with Crippen LogP contribution in [-0.2, 0) is 29.0 Å². The van der Waals surface area contributed by atoms with Crippen LogP contribution in [-0.4, -0.2) is 62.2 Å². The van der Waals surface area contributed by atoms with Crippen molar-refractivity contribution in [3.05, 3.63) is 52.3 Å². The first-order chi connectivity index (χ1) is 14.9. The lowest BCUT2D eigenvalue weighted by Gasteiger charge is -2.46. The second kappa shape index (κ2) is 10.2. The molecular weight excluding hydrogens is 430 g/mol. The predicted octanol–water partition coefficient (Wildman–Crippen LogP) is 4.10. The van der Waals surface area contributed by atoms with Crippen LogP contribution in [0.15, 0.2) is 30.3 Å². The number of morpholine rings is 1. The molecule has 1 saturated heterocycles. The molecule has 0 spiro atoms. The highest BCUT2D eigenvalue weighted by atomic mass is 35.5. The number of aromatic nitrogens is 2. The van der Waals surface area contributed by atoms with E-state index in [1.807, 2.05) is 23.9 Å². The second-order valence-corrected chi connectivity index (χ2v) is 11.1. The molecule has 0 N–H and O–H groups in total. The molecular formula is C24H34ClN3O2S. The summed E-state index contributed by atoms with van der Waals surface area (Å²) in [5.74, 6) is 1.18. The van der Waals surface area contributed by atoms with E-state index in [0.29, 0.717) is 30.4 Å². The van der Waals surface area contributed by atoms with Gasteiger partial charge in [0.2, 0.25) is 0 Å². The monoisotopic (exact) mass is 463 g/mol. The molecule has 4 rings (SSSR count). The number of rotatable bonds is 6. The van der Waals surface area contributed by atoms with Crippen LogP contribution in [0.1, 0.15) is 48.6 Å². The fourth-order valence-corrected chi connectivity index (χ4v) is 6.00. The predicted molar refractivity (Wildman–Crippen MR) is 127 cm³/mol. The summed E-state index contributed by atoms with van der Waals surface area (Å²) in [4.78, 5) is 2.66. The Labute approximate surface area is 193 Å². The largest absolute Gasteiger partial charge is 0.374 e. The summed E-state index contributed by atoms with van der Waals surface area (Å²) in [6.45, 7) is 3.69. The lowest BCUT2D eigenvalue weighted by Crippen LogP contribution is -2.56. The maximum absolute atomic E-state index is 11.8. The molecule has 2 aliphatic rings. The first-order valence-electron chi connectivity index (χ1n) is 11.3. The maximum atomic E-state index is 11.8. The number of ether oxygens (including phenoxy) is 1. The molecule has 31 heavy (non-hydrogen) atoms. The fourth-order valence-electron chi connectivity index (χ4n) is 5.15. The number of hydrogen-bond donors (Lipinski definition) is 0. The lowest BCUT2D eigenvalue weighted by atomic mass is 9.82. The standard InChI is InChI=1S/C24H34ClN3O2S/c1-17-12-24(26-27(17)2)19-6-10-21(11-7-19)28-14-23(16-31(3)29)30-15-22(28)13-18-4-8-20(25)9-5-18/h4-5,8-9,12,19,21-23H,6-7,10-11,13-16H2,1-3H3. The van der Waals surface area contributed by atoms with Crippen LogP contribution < -0.4 is 0 Å². The zero-order valence-electron chi connectivity index (χ0n) is 18.8. The van der Waals surface area contributed by atoms with Gasteiger partial charge in [0.25, 0.3) is 0 Å². The quantitative estimate of drug-likeness (QED) is 0.647. The Hall–Kier alpha value is -1.21. The van der Waals surface area contributed by atoms with Crippen molar-refractivity contribution in [2.45, 2.75) is 63.1 Å². The second-order valence-electron chi connectivity index (χ2n) is 9.22.